The van der Waals surface area contributed by atoms with Gasteiger partial charge in [0.15, 0.2) is 0 Å². The summed E-state index contributed by atoms with van der Waals surface area (Å²) in [6.45, 7) is 4.96. The lowest BCUT2D eigenvalue weighted by molar-refractivity contribution is 0.359. The molecular weight excluding hydrogens is 284 g/mol. The fourth-order valence-corrected chi connectivity index (χ4v) is 4.44. The van der Waals surface area contributed by atoms with E-state index in [2.05, 4.69) is 5.32 Å². The second kappa shape index (κ2) is 7.92. The van der Waals surface area contributed by atoms with Gasteiger partial charge in [-0.05, 0) is 43.8 Å². The molecule has 118 valence electrons. The minimum absolute atomic E-state index is 0.276. The molecule has 4 nitrogen and oxygen atoms in total. The number of benzene rings is 1. The zero-order valence-corrected chi connectivity index (χ0v) is 13.6. The molecule has 0 radical (unpaired) electrons. The summed E-state index contributed by atoms with van der Waals surface area (Å²) in [5, 5.41) is 3.32. The second-order valence-electron chi connectivity index (χ2n) is 5.71. The van der Waals surface area contributed by atoms with E-state index < -0.39 is 10.0 Å². The first kappa shape index (κ1) is 16.5. The summed E-state index contributed by atoms with van der Waals surface area (Å²) >= 11 is 0. The molecule has 1 saturated heterocycles. The first-order chi connectivity index (χ1) is 10.1. The van der Waals surface area contributed by atoms with Gasteiger partial charge >= 0.3 is 0 Å². The van der Waals surface area contributed by atoms with E-state index in [0.717, 1.165) is 37.9 Å². The number of piperidine rings is 1. The Bertz CT molecular complexity index is 510. The molecule has 0 aliphatic carbocycles. The van der Waals surface area contributed by atoms with E-state index in [4.69, 9.17) is 0 Å². The Kier molecular flexibility index (Phi) is 6.21. The van der Waals surface area contributed by atoms with Crippen LogP contribution in [-0.4, -0.2) is 38.1 Å². The third-order valence-electron chi connectivity index (χ3n) is 4.19. The van der Waals surface area contributed by atoms with E-state index in [1.807, 2.05) is 37.3 Å². The number of hydrogen-bond acceptors (Lipinski definition) is 3. The molecule has 21 heavy (non-hydrogen) atoms. The zero-order chi connectivity index (χ0) is 15.1. The summed E-state index contributed by atoms with van der Waals surface area (Å²) in [5.74, 6) is 0.828. The summed E-state index contributed by atoms with van der Waals surface area (Å²) in [6.07, 6.45) is 2.98. The Hall–Kier alpha value is -0.910. The van der Waals surface area contributed by atoms with Crippen molar-refractivity contribution in [1.29, 1.82) is 0 Å². The maximum atomic E-state index is 12.5. The SMILES string of the molecule is CCN(Cc1ccccc1)S(=O)(=O)CCC1CCNCC1. The lowest BCUT2D eigenvalue weighted by Gasteiger charge is -2.25. The molecule has 0 saturated carbocycles. The van der Waals surface area contributed by atoms with Gasteiger partial charge in [-0.15, -0.1) is 0 Å². The van der Waals surface area contributed by atoms with E-state index in [-0.39, 0.29) is 5.75 Å². The summed E-state index contributed by atoms with van der Waals surface area (Å²) in [6, 6.07) is 9.80. The second-order valence-corrected chi connectivity index (χ2v) is 7.80. The predicted octanol–water partition coefficient (Wildman–Crippen LogP) is 2.23. The number of sulfonamides is 1. The molecule has 1 aromatic carbocycles. The zero-order valence-electron chi connectivity index (χ0n) is 12.8. The van der Waals surface area contributed by atoms with Crippen LogP contribution in [0.25, 0.3) is 0 Å². The Balaban J connectivity index is 1.92. The van der Waals surface area contributed by atoms with Crippen molar-refractivity contribution < 1.29 is 8.42 Å². The molecule has 1 aliphatic rings. The van der Waals surface area contributed by atoms with Gasteiger partial charge in [-0.1, -0.05) is 37.3 Å². The molecule has 1 heterocycles. The largest absolute Gasteiger partial charge is 0.317 e. The van der Waals surface area contributed by atoms with Crippen molar-refractivity contribution in [2.75, 3.05) is 25.4 Å². The molecule has 0 atom stereocenters. The molecule has 1 N–H and O–H groups in total. The number of rotatable bonds is 7. The highest BCUT2D eigenvalue weighted by atomic mass is 32.2. The van der Waals surface area contributed by atoms with Crippen LogP contribution >= 0.6 is 0 Å². The van der Waals surface area contributed by atoms with Gasteiger partial charge in [0.25, 0.3) is 0 Å². The van der Waals surface area contributed by atoms with Gasteiger partial charge in [0.05, 0.1) is 5.75 Å². The number of hydrogen-bond donors (Lipinski definition) is 1. The van der Waals surface area contributed by atoms with Crippen LogP contribution in [-0.2, 0) is 16.6 Å². The molecule has 0 unspecified atom stereocenters. The Morgan fingerprint density at radius 2 is 1.86 bits per heavy atom. The maximum Gasteiger partial charge on any atom is 0.214 e. The van der Waals surface area contributed by atoms with Gasteiger partial charge in [0.1, 0.15) is 0 Å². The minimum atomic E-state index is -3.16. The molecule has 1 aliphatic heterocycles. The molecule has 5 heteroatoms. The van der Waals surface area contributed by atoms with Gasteiger partial charge in [-0.2, -0.15) is 4.31 Å². The number of nitrogens with one attached hydrogen (secondary N) is 1. The van der Waals surface area contributed by atoms with Crippen LogP contribution in [0.2, 0.25) is 0 Å². The maximum absolute atomic E-state index is 12.5. The van der Waals surface area contributed by atoms with Gasteiger partial charge in [0.2, 0.25) is 10.0 Å². The summed E-state index contributed by atoms with van der Waals surface area (Å²) in [5.41, 5.74) is 1.05. The quantitative estimate of drug-likeness (QED) is 0.840. The predicted molar refractivity (Wildman–Crippen MR) is 86.5 cm³/mol. The van der Waals surface area contributed by atoms with Crippen molar-refractivity contribution in [3.63, 3.8) is 0 Å². The highest BCUT2D eigenvalue weighted by molar-refractivity contribution is 7.89. The van der Waals surface area contributed by atoms with Crippen LogP contribution in [0.15, 0.2) is 30.3 Å². The molecule has 1 aromatic rings. The Morgan fingerprint density at radius 1 is 1.19 bits per heavy atom. The average molecular weight is 310 g/mol. The van der Waals surface area contributed by atoms with Crippen molar-refractivity contribution in [2.45, 2.75) is 32.7 Å². The molecule has 0 amide bonds. The fraction of sp³-hybridized carbons (Fsp3) is 0.625. The van der Waals surface area contributed by atoms with E-state index >= 15 is 0 Å². The van der Waals surface area contributed by atoms with E-state index in [1.54, 1.807) is 4.31 Å². The first-order valence-electron chi connectivity index (χ1n) is 7.84. The van der Waals surface area contributed by atoms with Crippen molar-refractivity contribution in [1.82, 2.24) is 9.62 Å². The van der Waals surface area contributed by atoms with Crippen LogP contribution in [0.5, 0.6) is 0 Å². The monoisotopic (exact) mass is 310 g/mol. The summed E-state index contributed by atoms with van der Waals surface area (Å²) < 4.78 is 26.6. The number of nitrogens with zero attached hydrogens (tertiary/aromatic N) is 1. The third-order valence-corrected chi connectivity index (χ3v) is 6.12. The van der Waals surface area contributed by atoms with Crippen LogP contribution in [0.4, 0.5) is 0 Å². The lowest BCUT2D eigenvalue weighted by atomic mass is 9.96. The first-order valence-corrected chi connectivity index (χ1v) is 9.45. The fourth-order valence-electron chi connectivity index (χ4n) is 2.81. The summed E-state index contributed by atoms with van der Waals surface area (Å²) in [7, 11) is -3.16. The standard InChI is InChI=1S/C16H26N2O2S/c1-2-18(14-16-6-4-3-5-7-16)21(19,20)13-10-15-8-11-17-12-9-15/h3-7,15,17H,2,8-14H2,1H3. The smallest absolute Gasteiger partial charge is 0.214 e. The molecule has 2 rings (SSSR count). The molecule has 0 spiro atoms. The van der Waals surface area contributed by atoms with E-state index in [0.29, 0.717) is 19.0 Å². The topological polar surface area (TPSA) is 49.4 Å². The highest BCUT2D eigenvalue weighted by Gasteiger charge is 2.23. The van der Waals surface area contributed by atoms with Crippen LogP contribution in [0.3, 0.4) is 0 Å². The van der Waals surface area contributed by atoms with Gasteiger partial charge in [-0.3, -0.25) is 0 Å². The van der Waals surface area contributed by atoms with Crippen LogP contribution in [0.1, 0.15) is 31.7 Å². The lowest BCUT2D eigenvalue weighted by Crippen LogP contribution is -2.34. The molecule has 0 bridgehead atoms. The normalized spacial score (nSPS) is 17.2. The third kappa shape index (κ3) is 5.09. The molecule has 1 fully saturated rings. The van der Waals surface area contributed by atoms with Crippen LogP contribution in [0, 0.1) is 5.92 Å². The minimum Gasteiger partial charge on any atom is -0.317 e. The van der Waals surface area contributed by atoms with Crippen molar-refractivity contribution in [3.8, 4) is 0 Å². The van der Waals surface area contributed by atoms with Crippen molar-refractivity contribution in [3.05, 3.63) is 35.9 Å². The van der Waals surface area contributed by atoms with E-state index in [1.165, 1.54) is 0 Å². The molecular formula is C16H26N2O2S. The Morgan fingerprint density at radius 3 is 2.48 bits per heavy atom. The van der Waals surface area contributed by atoms with Crippen molar-refractivity contribution >= 4 is 10.0 Å². The average Bonchev–Trinajstić information content (AvgIpc) is 2.52. The van der Waals surface area contributed by atoms with E-state index in [9.17, 15) is 8.42 Å². The van der Waals surface area contributed by atoms with Crippen LogP contribution < -0.4 is 5.32 Å². The summed E-state index contributed by atoms with van der Waals surface area (Å²) in [4.78, 5) is 0. The Labute approximate surface area is 128 Å². The van der Waals surface area contributed by atoms with Gasteiger partial charge in [0, 0.05) is 13.1 Å². The van der Waals surface area contributed by atoms with Gasteiger partial charge < -0.3 is 5.32 Å². The molecule has 0 aromatic heterocycles. The highest BCUT2D eigenvalue weighted by Crippen LogP contribution is 2.18. The van der Waals surface area contributed by atoms with Gasteiger partial charge in [-0.25, -0.2) is 8.42 Å². The van der Waals surface area contributed by atoms with Crippen molar-refractivity contribution in [2.24, 2.45) is 5.92 Å².